The van der Waals surface area contributed by atoms with Gasteiger partial charge in [0.25, 0.3) is 11.8 Å². The number of nitrogens with zero attached hydrogens (tertiary/aromatic N) is 2. The van der Waals surface area contributed by atoms with Crippen LogP contribution < -0.4 is 20.9 Å². The normalized spacial score (nSPS) is 11.5. The molecule has 0 fully saturated rings. The maximum Gasteiger partial charge on any atom is 0.416 e. The number of ether oxygens (including phenoxy) is 12. The quantitative estimate of drug-likeness (QED) is 0.0368. The first-order valence-corrected chi connectivity index (χ1v) is 29.6. The molecule has 20 nitrogen and oxygen atoms in total. The molecule has 0 aliphatic carbocycles. The average Bonchev–Trinajstić information content (AvgIpc) is 3.68. The van der Waals surface area contributed by atoms with Gasteiger partial charge in [-0.25, -0.2) is 0 Å². The Balaban J connectivity index is 0.962. The summed E-state index contributed by atoms with van der Waals surface area (Å²) in [5.74, 6) is 0.479. The molecule has 0 saturated carbocycles. The maximum atomic E-state index is 13.8. The zero-order valence-electron chi connectivity index (χ0n) is 48.9. The molecule has 0 spiro atoms. The molecule has 4 aromatic rings. The second-order valence-corrected chi connectivity index (χ2v) is 19.4. The van der Waals surface area contributed by atoms with E-state index in [4.69, 9.17) is 56.8 Å². The summed E-state index contributed by atoms with van der Waals surface area (Å²) in [4.78, 5) is 45.8. The van der Waals surface area contributed by atoms with Crippen molar-refractivity contribution >= 4 is 40.9 Å². The number of halogens is 3. The van der Waals surface area contributed by atoms with Gasteiger partial charge in [-0.15, -0.1) is 0 Å². The first-order chi connectivity index (χ1) is 41.0. The summed E-state index contributed by atoms with van der Waals surface area (Å²) in [6.07, 6.45) is -2.78. The molecule has 84 heavy (non-hydrogen) atoms. The highest BCUT2D eigenvalue weighted by Gasteiger charge is 2.30. The van der Waals surface area contributed by atoms with E-state index in [-0.39, 0.29) is 37.0 Å². The lowest BCUT2D eigenvalue weighted by Crippen LogP contribution is -2.28. The molecule has 468 valence electrons. The van der Waals surface area contributed by atoms with Gasteiger partial charge in [0.15, 0.2) is 0 Å². The number of methoxy groups -OCH3 is 1. The lowest BCUT2D eigenvalue weighted by molar-refractivity contribution is -0.137. The third kappa shape index (κ3) is 31.7. The number of hydrogen-bond acceptors (Lipinski definition) is 18. The van der Waals surface area contributed by atoms with Crippen LogP contribution in [0.15, 0.2) is 85.1 Å². The van der Waals surface area contributed by atoms with E-state index < -0.39 is 17.6 Å². The van der Waals surface area contributed by atoms with Crippen molar-refractivity contribution in [3.05, 3.63) is 113 Å². The minimum absolute atomic E-state index is 0.105. The molecule has 3 amide bonds. The van der Waals surface area contributed by atoms with Crippen LogP contribution in [0, 0.1) is 0 Å². The molecule has 0 unspecified atom stereocenters. The molecule has 0 radical (unpaired) electrons. The van der Waals surface area contributed by atoms with Crippen molar-refractivity contribution in [2.24, 2.45) is 0 Å². The first kappa shape index (κ1) is 71.2. The molecule has 0 aliphatic rings. The van der Waals surface area contributed by atoms with Crippen LogP contribution >= 0.6 is 11.8 Å². The number of pyridine rings is 1. The van der Waals surface area contributed by atoms with E-state index in [0.717, 1.165) is 42.2 Å². The van der Waals surface area contributed by atoms with Crippen LogP contribution in [-0.4, -0.2) is 207 Å². The second-order valence-electron chi connectivity index (χ2n) is 18.2. The fraction of sp³-hybridized carbons (Fsp3) is 0.567. The molecule has 0 atom stereocenters. The van der Waals surface area contributed by atoms with Crippen molar-refractivity contribution in [3.63, 3.8) is 0 Å². The largest absolute Gasteiger partial charge is 0.416 e. The van der Waals surface area contributed by atoms with Gasteiger partial charge in [-0.05, 0) is 79.6 Å². The molecule has 24 heteroatoms. The highest BCUT2D eigenvalue weighted by Crippen LogP contribution is 2.33. The van der Waals surface area contributed by atoms with E-state index in [1.807, 2.05) is 50.2 Å². The molecule has 1 heterocycles. The van der Waals surface area contributed by atoms with Crippen LogP contribution in [0.4, 0.5) is 24.5 Å². The zero-order chi connectivity index (χ0) is 60.1. The predicted octanol–water partition coefficient (Wildman–Crippen LogP) is 7.36. The Labute approximate surface area is 496 Å². The van der Waals surface area contributed by atoms with Gasteiger partial charge in [0.05, 0.1) is 169 Å². The Morgan fingerprint density at radius 2 is 1.05 bits per heavy atom. The van der Waals surface area contributed by atoms with E-state index in [0.29, 0.717) is 186 Å². The van der Waals surface area contributed by atoms with Gasteiger partial charge in [-0.2, -0.15) is 24.9 Å². The second kappa shape index (κ2) is 45.1. The number of alkyl halides is 3. The Bertz CT molecular complexity index is 2410. The first-order valence-electron chi connectivity index (χ1n) is 28.4. The minimum atomic E-state index is -4.50. The fourth-order valence-electron chi connectivity index (χ4n) is 7.65. The van der Waals surface area contributed by atoms with E-state index >= 15 is 0 Å². The summed E-state index contributed by atoms with van der Waals surface area (Å²) in [6, 6.07) is 21.0. The number of benzene rings is 3. The summed E-state index contributed by atoms with van der Waals surface area (Å²) in [7, 11) is 1.63. The number of aromatic nitrogens is 1. The predicted molar refractivity (Wildman–Crippen MR) is 315 cm³/mol. The van der Waals surface area contributed by atoms with Crippen molar-refractivity contribution < 1.29 is 84.4 Å². The molecular weight excluding hydrogens is 1120 g/mol. The van der Waals surface area contributed by atoms with E-state index in [9.17, 15) is 27.6 Å². The van der Waals surface area contributed by atoms with E-state index in [1.54, 1.807) is 31.0 Å². The Hall–Kier alpha value is -5.32. The van der Waals surface area contributed by atoms with E-state index in [2.05, 4.69) is 25.8 Å². The molecular formula is C60H86F3N5O15S. The topological polar surface area (TPSA) is 214 Å². The highest BCUT2D eigenvalue weighted by atomic mass is 32.2. The lowest BCUT2D eigenvalue weighted by Gasteiger charge is -2.23. The van der Waals surface area contributed by atoms with Crippen LogP contribution in [0.1, 0.15) is 57.7 Å². The van der Waals surface area contributed by atoms with E-state index in [1.165, 1.54) is 24.4 Å². The summed E-state index contributed by atoms with van der Waals surface area (Å²) in [5.41, 5.74) is 3.62. The molecule has 4 rings (SSSR count). The summed E-state index contributed by atoms with van der Waals surface area (Å²) in [6.45, 7) is 16.3. The minimum Gasteiger partial charge on any atom is -0.382 e. The van der Waals surface area contributed by atoms with Crippen molar-refractivity contribution in [2.75, 3.05) is 195 Å². The zero-order valence-corrected chi connectivity index (χ0v) is 49.7. The number of carbonyl (C=O) groups is 3. The number of amides is 3. The number of anilines is 2. The smallest absolute Gasteiger partial charge is 0.382 e. The van der Waals surface area contributed by atoms with Crippen molar-refractivity contribution in [2.45, 2.75) is 38.7 Å². The van der Waals surface area contributed by atoms with Gasteiger partial charge in [-0.3, -0.25) is 19.4 Å². The van der Waals surface area contributed by atoms with Crippen LogP contribution in [0.5, 0.6) is 0 Å². The molecule has 0 aliphatic heterocycles. The van der Waals surface area contributed by atoms with Gasteiger partial charge in [0, 0.05) is 79.8 Å². The van der Waals surface area contributed by atoms with Crippen LogP contribution in [0.25, 0.3) is 11.3 Å². The molecule has 3 N–H and O–H groups in total. The van der Waals surface area contributed by atoms with Gasteiger partial charge < -0.3 is 77.7 Å². The van der Waals surface area contributed by atoms with Gasteiger partial charge in [-0.1, -0.05) is 24.3 Å². The highest BCUT2D eigenvalue weighted by molar-refractivity contribution is 7.98. The van der Waals surface area contributed by atoms with Gasteiger partial charge in [0.2, 0.25) is 5.91 Å². The monoisotopic (exact) mass is 1210 g/mol. The van der Waals surface area contributed by atoms with Crippen LogP contribution in [0.3, 0.4) is 0 Å². The van der Waals surface area contributed by atoms with Gasteiger partial charge in [0.1, 0.15) is 0 Å². The summed E-state index contributed by atoms with van der Waals surface area (Å²) >= 11 is 1.68. The molecule has 0 bridgehead atoms. The van der Waals surface area contributed by atoms with Gasteiger partial charge >= 0.3 is 6.18 Å². The SMILES string of the molecule is CCN(CC)c1ccc(NC(=O)c2cccc(CSCCOCCOCCOCCOCCC(=O)NCCOCCOCCOCCOCCOCCOCCOCCOC)c2)c(-c2cc(C(=O)NCc3cccc(C(F)(F)F)c3)ccn2)c1. The Kier molecular flexibility index (Phi) is 38.2. The van der Waals surface area contributed by atoms with Crippen molar-refractivity contribution in [1.82, 2.24) is 15.6 Å². The number of hydrogen-bond donors (Lipinski definition) is 3. The Morgan fingerprint density at radius 1 is 0.536 bits per heavy atom. The molecule has 1 aromatic heterocycles. The number of rotatable bonds is 50. The molecule has 0 saturated heterocycles. The lowest BCUT2D eigenvalue weighted by atomic mass is 10.0. The standard InChI is InChI=1S/C60H86F3N5O15S/c1-4-68(5-2)53-12-13-55(54(45-53)56-44-51(14-16-64-56)58(70)66-46-48-8-7-11-52(43-48)60(61,62)63)67-59(71)50-10-6-9-49(42-50)47-84-41-40-83-39-38-82-37-28-76-24-22-73-18-15-57(69)65-17-19-74-23-25-77-29-30-79-33-34-81-36-35-80-32-31-78-27-26-75-21-20-72-3/h6-14,16,42-45H,4-5,15,17-41,46-47H2,1-3H3,(H,65,69)(H,66,70)(H,67,71). The number of carbonyl (C=O) groups excluding carboxylic acids is 3. The third-order valence-corrected chi connectivity index (χ3v) is 13.0. The fourth-order valence-corrected chi connectivity index (χ4v) is 8.44. The third-order valence-electron chi connectivity index (χ3n) is 12.0. The van der Waals surface area contributed by atoms with Crippen molar-refractivity contribution in [3.8, 4) is 11.3 Å². The summed E-state index contributed by atoms with van der Waals surface area (Å²) in [5, 5.41) is 8.56. The summed E-state index contributed by atoms with van der Waals surface area (Å²) < 4.78 is 105. The van der Waals surface area contributed by atoms with Crippen LogP contribution in [-0.2, 0) is 80.1 Å². The maximum absolute atomic E-state index is 13.8. The number of nitrogens with one attached hydrogen (secondary N) is 3. The average molecular weight is 1210 g/mol. The molecule has 3 aromatic carbocycles. The van der Waals surface area contributed by atoms with Crippen molar-refractivity contribution in [1.29, 1.82) is 0 Å². The van der Waals surface area contributed by atoms with Crippen LogP contribution in [0.2, 0.25) is 0 Å². The Morgan fingerprint density at radius 3 is 1.61 bits per heavy atom. The number of thioether (sulfide) groups is 1.